The van der Waals surface area contributed by atoms with E-state index in [9.17, 15) is 9.59 Å². The number of amides is 1. The summed E-state index contributed by atoms with van der Waals surface area (Å²) in [6, 6.07) is -0.871. The average Bonchev–Trinajstić information content (AvgIpc) is 2.17. The summed E-state index contributed by atoms with van der Waals surface area (Å²) >= 11 is 0. The molecule has 0 aromatic heterocycles. The molecule has 2 atom stereocenters. The number of cyclic esters (lactones) is 1. The van der Waals surface area contributed by atoms with E-state index in [-0.39, 0.29) is 6.04 Å². The zero-order chi connectivity index (χ0) is 10.1. The molecular formula is C9H11NO4. The Morgan fingerprint density at radius 2 is 2.43 bits per heavy atom. The summed E-state index contributed by atoms with van der Waals surface area (Å²) in [5.74, 6) is -0.974. The van der Waals surface area contributed by atoms with Crippen LogP contribution in [0, 0.1) is 0 Å². The Balaban J connectivity index is 2.25. The van der Waals surface area contributed by atoms with Crippen LogP contribution < -0.4 is 0 Å². The summed E-state index contributed by atoms with van der Waals surface area (Å²) in [5, 5.41) is 8.91. The number of aliphatic carboxylic acids is 1. The molecular weight excluding hydrogens is 186 g/mol. The zero-order valence-electron chi connectivity index (χ0n) is 7.55. The molecule has 0 aliphatic carbocycles. The van der Waals surface area contributed by atoms with Gasteiger partial charge in [-0.25, -0.2) is 9.59 Å². The fourth-order valence-electron chi connectivity index (χ4n) is 1.86. The van der Waals surface area contributed by atoms with E-state index < -0.39 is 18.1 Å². The smallest absolute Gasteiger partial charge is 0.411 e. The molecule has 0 aromatic rings. The van der Waals surface area contributed by atoms with E-state index in [1.807, 2.05) is 12.2 Å². The Morgan fingerprint density at radius 1 is 1.64 bits per heavy atom. The molecule has 2 aliphatic heterocycles. The van der Waals surface area contributed by atoms with Crippen molar-refractivity contribution in [1.29, 1.82) is 0 Å². The standard InChI is InChI=1S/C9H11NO4/c11-8(12)7-3-1-2-6-4-5-14-9(13)10(6)7/h1-2,6-7H,3-5H2,(H,11,12). The molecule has 1 amide bonds. The van der Waals surface area contributed by atoms with Crippen LogP contribution in [0.3, 0.4) is 0 Å². The van der Waals surface area contributed by atoms with Crippen molar-refractivity contribution in [3.05, 3.63) is 12.2 Å². The molecule has 2 heterocycles. The third-order valence-electron chi connectivity index (χ3n) is 2.55. The summed E-state index contributed by atoms with van der Waals surface area (Å²) in [6.45, 7) is 0.372. The minimum Gasteiger partial charge on any atom is -0.480 e. The van der Waals surface area contributed by atoms with Gasteiger partial charge in [0.1, 0.15) is 6.04 Å². The lowest BCUT2D eigenvalue weighted by atomic mass is 10.0. The van der Waals surface area contributed by atoms with Gasteiger partial charge >= 0.3 is 12.1 Å². The lowest BCUT2D eigenvalue weighted by Gasteiger charge is -2.39. The molecule has 14 heavy (non-hydrogen) atoms. The molecule has 1 N–H and O–H groups in total. The van der Waals surface area contributed by atoms with Crippen LogP contribution in [-0.2, 0) is 9.53 Å². The van der Waals surface area contributed by atoms with Crippen molar-refractivity contribution in [1.82, 2.24) is 4.90 Å². The number of carboxylic acid groups (broad SMARTS) is 1. The number of hydrogen-bond donors (Lipinski definition) is 1. The number of hydrogen-bond acceptors (Lipinski definition) is 3. The van der Waals surface area contributed by atoms with E-state index in [4.69, 9.17) is 9.84 Å². The van der Waals surface area contributed by atoms with E-state index in [1.165, 1.54) is 4.90 Å². The zero-order valence-corrected chi connectivity index (χ0v) is 7.55. The first-order chi connectivity index (χ1) is 6.70. The van der Waals surface area contributed by atoms with Crippen LogP contribution in [0.4, 0.5) is 4.79 Å². The van der Waals surface area contributed by atoms with Crippen molar-refractivity contribution < 1.29 is 19.4 Å². The number of carbonyl (C=O) groups excluding carboxylic acids is 1. The fraction of sp³-hybridized carbons (Fsp3) is 0.556. The van der Waals surface area contributed by atoms with Gasteiger partial charge in [-0.05, 0) is 6.42 Å². The first-order valence-corrected chi connectivity index (χ1v) is 4.54. The molecule has 1 saturated heterocycles. The van der Waals surface area contributed by atoms with Crippen molar-refractivity contribution in [3.63, 3.8) is 0 Å². The largest absolute Gasteiger partial charge is 0.480 e. The summed E-state index contributed by atoms with van der Waals surface area (Å²) in [5.41, 5.74) is 0. The fourth-order valence-corrected chi connectivity index (χ4v) is 1.86. The van der Waals surface area contributed by atoms with E-state index in [0.29, 0.717) is 19.4 Å². The van der Waals surface area contributed by atoms with Gasteiger partial charge in [0.15, 0.2) is 0 Å². The first-order valence-electron chi connectivity index (χ1n) is 4.54. The van der Waals surface area contributed by atoms with Crippen LogP contribution in [0.5, 0.6) is 0 Å². The highest BCUT2D eigenvalue weighted by Gasteiger charge is 2.39. The molecule has 2 aliphatic rings. The van der Waals surface area contributed by atoms with Crippen molar-refractivity contribution in [2.24, 2.45) is 0 Å². The molecule has 0 saturated carbocycles. The maximum absolute atomic E-state index is 11.3. The second-order valence-electron chi connectivity index (χ2n) is 3.40. The van der Waals surface area contributed by atoms with Gasteiger partial charge in [0.25, 0.3) is 0 Å². The predicted octanol–water partition coefficient (Wildman–Crippen LogP) is 0.610. The third-order valence-corrected chi connectivity index (χ3v) is 2.55. The summed E-state index contributed by atoms with van der Waals surface area (Å²) < 4.78 is 4.82. The molecule has 5 nitrogen and oxygen atoms in total. The summed E-state index contributed by atoms with van der Waals surface area (Å²) in [6.07, 6.45) is 4.21. The number of carbonyl (C=O) groups is 2. The SMILES string of the molecule is O=C(O)C1CC=CC2CCOC(=O)N21. The Bertz CT molecular complexity index is 299. The topological polar surface area (TPSA) is 66.8 Å². The van der Waals surface area contributed by atoms with E-state index in [2.05, 4.69) is 0 Å². The van der Waals surface area contributed by atoms with E-state index in [1.54, 1.807) is 0 Å². The Morgan fingerprint density at radius 3 is 3.14 bits per heavy atom. The minimum atomic E-state index is -0.974. The highest BCUT2D eigenvalue weighted by atomic mass is 16.6. The van der Waals surface area contributed by atoms with Crippen LogP contribution in [-0.4, -0.2) is 40.8 Å². The molecule has 76 valence electrons. The second-order valence-corrected chi connectivity index (χ2v) is 3.40. The summed E-state index contributed by atoms with van der Waals surface area (Å²) in [7, 11) is 0. The number of carboxylic acids is 1. The predicted molar refractivity (Wildman–Crippen MR) is 46.8 cm³/mol. The summed E-state index contributed by atoms with van der Waals surface area (Å²) in [4.78, 5) is 23.5. The lowest BCUT2D eigenvalue weighted by Crippen LogP contribution is -2.54. The van der Waals surface area contributed by atoms with Crippen LogP contribution >= 0.6 is 0 Å². The van der Waals surface area contributed by atoms with Gasteiger partial charge in [0.05, 0.1) is 12.6 Å². The van der Waals surface area contributed by atoms with Crippen LogP contribution in [0.1, 0.15) is 12.8 Å². The van der Waals surface area contributed by atoms with Gasteiger partial charge in [0, 0.05) is 6.42 Å². The molecule has 1 fully saturated rings. The second kappa shape index (κ2) is 3.32. The lowest BCUT2D eigenvalue weighted by molar-refractivity contribution is -0.144. The van der Waals surface area contributed by atoms with Crippen LogP contribution in [0.2, 0.25) is 0 Å². The van der Waals surface area contributed by atoms with Gasteiger partial charge in [-0.1, -0.05) is 12.2 Å². The number of rotatable bonds is 1. The number of ether oxygens (including phenoxy) is 1. The van der Waals surface area contributed by atoms with Crippen molar-refractivity contribution in [3.8, 4) is 0 Å². The molecule has 0 aromatic carbocycles. The molecule has 2 unspecified atom stereocenters. The molecule has 2 rings (SSSR count). The third kappa shape index (κ3) is 1.34. The van der Waals surface area contributed by atoms with Crippen LogP contribution in [0.25, 0.3) is 0 Å². The molecule has 0 bridgehead atoms. The number of nitrogens with zero attached hydrogens (tertiary/aromatic N) is 1. The molecule has 0 radical (unpaired) electrons. The maximum atomic E-state index is 11.3. The normalized spacial score (nSPS) is 30.9. The van der Waals surface area contributed by atoms with E-state index in [0.717, 1.165) is 0 Å². The van der Waals surface area contributed by atoms with Gasteiger partial charge in [-0.2, -0.15) is 0 Å². The van der Waals surface area contributed by atoms with Gasteiger partial charge in [-0.3, -0.25) is 4.90 Å². The Kier molecular flexibility index (Phi) is 2.15. The van der Waals surface area contributed by atoms with Gasteiger partial charge in [0.2, 0.25) is 0 Å². The average molecular weight is 197 g/mol. The monoisotopic (exact) mass is 197 g/mol. The molecule has 5 heteroatoms. The quantitative estimate of drug-likeness (QED) is 0.625. The minimum absolute atomic E-state index is 0.105. The first kappa shape index (κ1) is 9.05. The van der Waals surface area contributed by atoms with Crippen molar-refractivity contribution in [2.45, 2.75) is 24.9 Å². The Labute approximate surface area is 80.9 Å². The Hall–Kier alpha value is -1.52. The van der Waals surface area contributed by atoms with Crippen molar-refractivity contribution in [2.75, 3.05) is 6.61 Å². The highest BCUT2D eigenvalue weighted by molar-refractivity contribution is 5.81. The van der Waals surface area contributed by atoms with Crippen LogP contribution in [0.15, 0.2) is 12.2 Å². The van der Waals surface area contributed by atoms with Gasteiger partial charge < -0.3 is 9.84 Å². The van der Waals surface area contributed by atoms with Crippen molar-refractivity contribution >= 4 is 12.1 Å². The van der Waals surface area contributed by atoms with E-state index >= 15 is 0 Å². The highest BCUT2D eigenvalue weighted by Crippen LogP contribution is 2.24. The number of fused-ring (bicyclic) bond motifs is 1. The maximum Gasteiger partial charge on any atom is 0.411 e. The molecule has 0 spiro atoms. The van der Waals surface area contributed by atoms with Gasteiger partial charge in [-0.15, -0.1) is 0 Å².